The average Bonchev–Trinajstić information content (AvgIpc) is 2.76. The molecular weight excluding hydrogens is 190 g/mol. The number of thiazole rings is 1. The van der Waals surface area contributed by atoms with Crippen LogP contribution in [-0.4, -0.2) is 11.3 Å². The Bertz CT molecular complexity index is 297. The van der Waals surface area contributed by atoms with Crippen molar-refractivity contribution in [1.29, 1.82) is 0 Å². The van der Waals surface area contributed by atoms with E-state index in [0.29, 0.717) is 0 Å². The van der Waals surface area contributed by atoms with Crippen molar-refractivity contribution in [3.8, 4) is 0 Å². The monoisotopic (exact) mass is 197 g/mol. The van der Waals surface area contributed by atoms with Crippen LogP contribution in [0.1, 0.15) is 11.4 Å². The first-order valence-electron chi connectivity index (χ1n) is 3.56. The number of rotatable bonds is 2. The van der Waals surface area contributed by atoms with E-state index < -0.39 is 4.75 Å². The zero-order chi connectivity index (χ0) is 8.44. The van der Waals surface area contributed by atoms with E-state index in [2.05, 4.69) is 4.98 Å². The van der Waals surface area contributed by atoms with Crippen molar-refractivity contribution >= 4 is 29.4 Å². The van der Waals surface area contributed by atoms with Crippen LogP contribution >= 0.6 is 23.1 Å². The van der Waals surface area contributed by atoms with Crippen molar-refractivity contribution in [2.75, 3.05) is 0 Å². The maximum absolute atomic E-state index is 10.9. The van der Waals surface area contributed by atoms with Crippen molar-refractivity contribution in [2.45, 2.75) is 11.2 Å². The van der Waals surface area contributed by atoms with Gasteiger partial charge in [-0.15, -0.1) is 23.1 Å². The number of nitrogens with zero attached hydrogens (tertiary/aromatic N) is 1. The smallest absolute Gasteiger partial charge is 0.143 e. The average molecular weight is 197 g/mol. The van der Waals surface area contributed by atoms with Gasteiger partial charge in [0.2, 0.25) is 0 Å². The highest BCUT2D eigenvalue weighted by molar-refractivity contribution is 8.04. The summed E-state index contributed by atoms with van der Waals surface area (Å²) in [7, 11) is 0. The van der Waals surface area contributed by atoms with Crippen molar-refractivity contribution in [1.82, 2.24) is 4.98 Å². The Labute approximate surface area is 78.7 Å². The van der Waals surface area contributed by atoms with E-state index in [-0.39, 0.29) is 0 Å². The topological polar surface area (TPSA) is 30.0 Å². The molecule has 62 valence electrons. The quantitative estimate of drug-likeness (QED) is 0.681. The Kier molecular flexibility index (Phi) is 2.02. The highest BCUT2D eigenvalue weighted by Gasteiger charge is 2.36. The molecule has 2 nitrogen and oxygen atoms in total. The molecule has 0 aliphatic carbocycles. The second kappa shape index (κ2) is 3.03. The van der Waals surface area contributed by atoms with Gasteiger partial charge in [-0.2, -0.15) is 0 Å². The minimum Gasteiger partial charge on any atom is -0.301 e. The molecule has 0 fully saturated rings. The Morgan fingerprint density at radius 1 is 1.67 bits per heavy atom. The van der Waals surface area contributed by atoms with Gasteiger partial charge in [-0.3, -0.25) is 0 Å². The van der Waals surface area contributed by atoms with Gasteiger partial charge in [-0.25, -0.2) is 4.98 Å². The van der Waals surface area contributed by atoms with Crippen molar-refractivity contribution < 1.29 is 4.79 Å². The zero-order valence-corrected chi connectivity index (χ0v) is 7.90. The lowest BCUT2D eigenvalue weighted by Gasteiger charge is -2.16. The lowest BCUT2D eigenvalue weighted by atomic mass is 10.1. The summed E-state index contributed by atoms with van der Waals surface area (Å²) in [5.41, 5.74) is 0. The van der Waals surface area contributed by atoms with Crippen LogP contribution in [-0.2, 0) is 9.54 Å². The largest absolute Gasteiger partial charge is 0.301 e. The van der Waals surface area contributed by atoms with Gasteiger partial charge in [-0.05, 0) is 11.8 Å². The van der Waals surface area contributed by atoms with Gasteiger partial charge >= 0.3 is 0 Å². The summed E-state index contributed by atoms with van der Waals surface area (Å²) in [5.74, 6) is 0. The van der Waals surface area contributed by atoms with E-state index in [1.54, 1.807) is 29.3 Å². The number of allylic oxidation sites excluding steroid dienone is 1. The zero-order valence-electron chi connectivity index (χ0n) is 6.27. The van der Waals surface area contributed by atoms with Crippen molar-refractivity contribution in [2.24, 2.45) is 0 Å². The molecule has 0 radical (unpaired) electrons. The van der Waals surface area contributed by atoms with Crippen LogP contribution in [0.3, 0.4) is 0 Å². The molecule has 1 aromatic rings. The number of hydrogen-bond acceptors (Lipinski definition) is 4. The SMILES string of the molecule is O=CC1(c2nccs2)CC=CS1. The number of aromatic nitrogens is 1. The van der Waals surface area contributed by atoms with Crippen LogP contribution in [0.2, 0.25) is 0 Å². The highest BCUT2D eigenvalue weighted by Crippen LogP contribution is 2.44. The van der Waals surface area contributed by atoms with Crippen LogP contribution in [0.5, 0.6) is 0 Å². The molecule has 2 heterocycles. The van der Waals surface area contributed by atoms with E-state index >= 15 is 0 Å². The number of aldehydes is 1. The molecule has 1 atom stereocenters. The predicted molar refractivity (Wildman–Crippen MR) is 51.2 cm³/mol. The van der Waals surface area contributed by atoms with Gasteiger partial charge in [-0.1, -0.05) is 6.08 Å². The molecule has 1 aliphatic rings. The van der Waals surface area contributed by atoms with E-state index in [9.17, 15) is 4.79 Å². The van der Waals surface area contributed by atoms with Crippen LogP contribution < -0.4 is 0 Å². The van der Waals surface area contributed by atoms with Crippen LogP contribution in [0, 0.1) is 0 Å². The fourth-order valence-corrected chi connectivity index (χ4v) is 2.97. The summed E-state index contributed by atoms with van der Waals surface area (Å²) >= 11 is 3.09. The van der Waals surface area contributed by atoms with Gasteiger partial charge in [0.25, 0.3) is 0 Å². The third-order valence-corrected chi connectivity index (χ3v) is 4.07. The fraction of sp³-hybridized carbons (Fsp3) is 0.250. The van der Waals surface area contributed by atoms with E-state index in [0.717, 1.165) is 17.7 Å². The van der Waals surface area contributed by atoms with Gasteiger partial charge < -0.3 is 4.79 Å². The summed E-state index contributed by atoms with van der Waals surface area (Å²) in [6.07, 6.45) is 5.52. The Morgan fingerprint density at radius 2 is 2.58 bits per heavy atom. The number of thioether (sulfide) groups is 1. The van der Waals surface area contributed by atoms with Crippen LogP contribution in [0.15, 0.2) is 23.1 Å². The molecule has 0 saturated heterocycles. The van der Waals surface area contributed by atoms with Gasteiger partial charge in [0.05, 0.1) is 0 Å². The highest BCUT2D eigenvalue weighted by atomic mass is 32.2. The first-order chi connectivity index (χ1) is 5.87. The predicted octanol–water partition coefficient (Wildman–Crippen LogP) is 2.19. The molecule has 0 N–H and O–H groups in total. The standard InChI is InChI=1S/C8H7NOS2/c10-6-8(2-1-4-12-8)7-9-3-5-11-7/h1,3-6H,2H2. The maximum atomic E-state index is 10.9. The first kappa shape index (κ1) is 8.01. The van der Waals surface area contributed by atoms with Gasteiger partial charge in [0.15, 0.2) is 0 Å². The fourth-order valence-electron chi connectivity index (χ4n) is 1.14. The Balaban J connectivity index is 2.36. The summed E-state index contributed by atoms with van der Waals surface area (Å²) in [6, 6.07) is 0. The second-order valence-electron chi connectivity index (χ2n) is 2.54. The summed E-state index contributed by atoms with van der Waals surface area (Å²) in [6.45, 7) is 0. The van der Waals surface area contributed by atoms with Crippen LogP contribution in [0.25, 0.3) is 0 Å². The molecule has 1 unspecified atom stereocenters. The molecule has 0 bridgehead atoms. The minimum absolute atomic E-state index is 0.409. The molecule has 12 heavy (non-hydrogen) atoms. The second-order valence-corrected chi connectivity index (χ2v) is 4.67. The lowest BCUT2D eigenvalue weighted by molar-refractivity contribution is -0.109. The summed E-state index contributed by atoms with van der Waals surface area (Å²) in [5, 5.41) is 4.78. The Morgan fingerprint density at radius 3 is 3.08 bits per heavy atom. The van der Waals surface area contributed by atoms with Crippen LogP contribution in [0.4, 0.5) is 0 Å². The molecule has 2 rings (SSSR count). The Hall–Kier alpha value is -0.610. The number of carbonyl (C=O) groups is 1. The van der Waals surface area contributed by atoms with Gasteiger partial charge in [0.1, 0.15) is 16.0 Å². The molecule has 1 aliphatic heterocycles. The van der Waals surface area contributed by atoms with Crippen molar-refractivity contribution in [3.05, 3.63) is 28.1 Å². The molecule has 0 aromatic carbocycles. The molecule has 0 saturated carbocycles. The minimum atomic E-state index is -0.409. The number of hydrogen-bond donors (Lipinski definition) is 0. The maximum Gasteiger partial charge on any atom is 0.143 e. The molecule has 0 amide bonds. The normalized spacial score (nSPS) is 27.7. The lowest BCUT2D eigenvalue weighted by Crippen LogP contribution is -2.19. The molecule has 4 heteroatoms. The third-order valence-electron chi connectivity index (χ3n) is 1.78. The summed E-state index contributed by atoms with van der Waals surface area (Å²) in [4.78, 5) is 15.1. The van der Waals surface area contributed by atoms with E-state index in [1.165, 1.54) is 0 Å². The third kappa shape index (κ3) is 1.11. The molecule has 1 aromatic heterocycles. The molecule has 0 spiro atoms. The van der Waals surface area contributed by atoms with E-state index in [1.807, 2.05) is 16.9 Å². The molecular formula is C8H7NOS2. The van der Waals surface area contributed by atoms with E-state index in [4.69, 9.17) is 0 Å². The summed E-state index contributed by atoms with van der Waals surface area (Å²) < 4.78 is -0.409. The number of carbonyl (C=O) groups excluding carboxylic acids is 1. The van der Waals surface area contributed by atoms with Gasteiger partial charge in [0, 0.05) is 11.6 Å². The van der Waals surface area contributed by atoms with Crippen molar-refractivity contribution in [3.63, 3.8) is 0 Å². The first-order valence-corrected chi connectivity index (χ1v) is 5.32.